The van der Waals surface area contributed by atoms with Crippen molar-refractivity contribution in [3.05, 3.63) is 23.3 Å². The topological polar surface area (TPSA) is 75.3 Å². The highest BCUT2D eigenvalue weighted by Crippen LogP contribution is 2.29. The Morgan fingerprint density at radius 2 is 1.67 bits per heavy atom. The van der Waals surface area contributed by atoms with Gasteiger partial charge in [0, 0.05) is 6.54 Å². The summed E-state index contributed by atoms with van der Waals surface area (Å²) in [6.45, 7) is -0.603. The van der Waals surface area contributed by atoms with Gasteiger partial charge in [0.15, 0.2) is 23.3 Å². The van der Waals surface area contributed by atoms with Gasteiger partial charge in [0.25, 0.3) is 0 Å². The molecule has 0 unspecified atom stereocenters. The average Bonchev–Trinajstić information content (AvgIpc) is 2.33. The van der Waals surface area contributed by atoms with Crippen LogP contribution in [0.4, 0.5) is 23.2 Å². The van der Waals surface area contributed by atoms with Crippen LogP contribution in [0, 0.1) is 23.3 Å². The van der Waals surface area contributed by atoms with E-state index in [1.807, 2.05) is 5.32 Å². The van der Waals surface area contributed by atoms with Gasteiger partial charge in [0.05, 0.1) is 4.90 Å². The Hall–Kier alpha value is -1.48. The molecule has 0 amide bonds. The maximum absolute atomic E-state index is 13.3. The van der Waals surface area contributed by atoms with Gasteiger partial charge in [-0.15, -0.1) is 12.6 Å². The first-order valence-electron chi connectivity index (χ1n) is 4.54. The minimum atomic E-state index is -1.70. The molecule has 0 saturated carbocycles. The van der Waals surface area contributed by atoms with Crippen LogP contribution in [0.2, 0.25) is 0 Å². The van der Waals surface area contributed by atoms with E-state index < -0.39 is 52.4 Å². The highest BCUT2D eigenvalue weighted by atomic mass is 32.1. The maximum Gasteiger partial charge on any atom is 0.322 e. The van der Waals surface area contributed by atoms with E-state index in [-0.39, 0.29) is 0 Å². The lowest BCUT2D eigenvalue weighted by molar-refractivity contribution is -0.138. The molecule has 4 N–H and O–H groups in total. The zero-order chi connectivity index (χ0) is 14.0. The van der Waals surface area contributed by atoms with Crippen LogP contribution in [-0.2, 0) is 4.79 Å². The van der Waals surface area contributed by atoms with Crippen LogP contribution in [0.25, 0.3) is 0 Å². The molecular weight excluding hydrogens is 276 g/mol. The number of nitrogens with two attached hydrogens (primary N) is 1. The van der Waals surface area contributed by atoms with E-state index in [4.69, 9.17) is 10.8 Å². The number of aliphatic carboxylic acids is 1. The summed E-state index contributed by atoms with van der Waals surface area (Å²) >= 11 is 3.26. The Balaban J connectivity index is 3.07. The molecule has 9 heteroatoms. The highest BCUT2D eigenvalue weighted by molar-refractivity contribution is 7.80. The second kappa shape index (κ2) is 5.44. The molecule has 0 aromatic heterocycles. The van der Waals surface area contributed by atoms with E-state index in [0.717, 1.165) is 0 Å². The number of carboxylic acids is 1. The Morgan fingerprint density at radius 1 is 1.22 bits per heavy atom. The van der Waals surface area contributed by atoms with Crippen LogP contribution < -0.4 is 11.1 Å². The Bertz CT molecular complexity index is 469. The molecule has 0 spiro atoms. The smallest absolute Gasteiger partial charge is 0.322 e. The second-order valence-electron chi connectivity index (χ2n) is 3.31. The Kier molecular flexibility index (Phi) is 4.41. The van der Waals surface area contributed by atoms with Crippen molar-refractivity contribution >= 4 is 24.3 Å². The molecule has 1 aromatic rings. The first-order valence-corrected chi connectivity index (χ1v) is 4.99. The van der Waals surface area contributed by atoms with E-state index in [1.165, 1.54) is 0 Å². The number of carbonyl (C=O) groups is 1. The van der Waals surface area contributed by atoms with Gasteiger partial charge in [0.2, 0.25) is 0 Å². The van der Waals surface area contributed by atoms with Gasteiger partial charge in [0.1, 0.15) is 11.7 Å². The molecule has 18 heavy (non-hydrogen) atoms. The van der Waals surface area contributed by atoms with Gasteiger partial charge < -0.3 is 16.2 Å². The number of hydrogen-bond acceptors (Lipinski definition) is 4. The minimum absolute atomic E-state index is 0.603. The number of hydrogen-bond donors (Lipinski definition) is 4. The minimum Gasteiger partial charge on any atom is -0.480 e. The molecular formula is C9H8F4N2O2S. The molecule has 1 atom stereocenters. The molecule has 4 nitrogen and oxygen atoms in total. The molecule has 0 radical (unpaired) electrons. The summed E-state index contributed by atoms with van der Waals surface area (Å²) in [6, 6.07) is -1.48. The van der Waals surface area contributed by atoms with Crippen molar-refractivity contribution in [3.8, 4) is 0 Å². The number of anilines is 1. The summed E-state index contributed by atoms with van der Waals surface area (Å²) in [5.74, 6) is -8.18. The molecule has 0 aliphatic heterocycles. The number of thiol groups is 1. The van der Waals surface area contributed by atoms with Crippen molar-refractivity contribution in [2.24, 2.45) is 5.73 Å². The van der Waals surface area contributed by atoms with Gasteiger partial charge in [-0.1, -0.05) is 0 Å². The summed E-state index contributed by atoms with van der Waals surface area (Å²) in [5.41, 5.74) is 3.94. The lowest BCUT2D eigenvalue weighted by Crippen LogP contribution is -2.37. The monoisotopic (exact) mass is 284 g/mol. The van der Waals surface area contributed by atoms with Crippen LogP contribution >= 0.6 is 12.6 Å². The van der Waals surface area contributed by atoms with Crippen molar-refractivity contribution in [2.45, 2.75) is 10.9 Å². The SMILES string of the molecule is N[C@@H](CNc1c(F)c(F)c(S)c(F)c1F)C(=O)O. The second-order valence-corrected chi connectivity index (χ2v) is 3.75. The van der Waals surface area contributed by atoms with Gasteiger partial charge in [-0.05, 0) is 0 Å². The fraction of sp³-hybridized carbons (Fsp3) is 0.222. The van der Waals surface area contributed by atoms with Crippen LogP contribution in [0.5, 0.6) is 0 Å². The summed E-state index contributed by atoms with van der Waals surface area (Å²) in [6.07, 6.45) is 0. The lowest BCUT2D eigenvalue weighted by atomic mass is 10.2. The van der Waals surface area contributed by atoms with Gasteiger partial charge in [-0.25, -0.2) is 17.6 Å². The van der Waals surface area contributed by atoms with Crippen LogP contribution in [-0.4, -0.2) is 23.7 Å². The third-order valence-electron chi connectivity index (χ3n) is 2.06. The van der Waals surface area contributed by atoms with E-state index >= 15 is 0 Å². The molecule has 0 aliphatic carbocycles. The molecule has 100 valence electrons. The van der Waals surface area contributed by atoms with Crippen molar-refractivity contribution in [1.29, 1.82) is 0 Å². The molecule has 0 bridgehead atoms. The number of halogens is 4. The number of nitrogens with one attached hydrogen (secondary N) is 1. The van der Waals surface area contributed by atoms with E-state index in [1.54, 1.807) is 0 Å². The van der Waals surface area contributed by atoms with Crippen molar-refractivity contribution in [2.75, 3.05) is 11.9 Å². The number of rotatable bonds is 4. The highest BCUT2D eigenvalue weighted by Gasteiger charge is 2.24. The van der Waals surface area contributed by atoms with Gasteiger partial charge >= 0.3 is 5.97 Å². The summed E-state index contributed by atoms with van der Waals surface area (Å²) < 4.78 is 52.7. The van der Waals surface area contributed by atoms with E-state index in [9.17, 15) is 22.4 Å². The summed E-state index contributed by atoms with van der Waals surface area (Å²) in [5, 5.41) is 10.3. The molecule has 0 fully saturated rings. The molecule has 0 heterocycles. The van der Waals surface area contributed by atoms with Gasteiger partial charge in [-0.2, -0.15) is 0 Å². The van der Waals surface area contributed by atoms with Crippen molar-refractivity contribution in [1.82, 2.24) is 0 Å². The zero-order valence-corrected chi connectivity index (χ0v) is 9.57. The van der Waals surface area contributed by atoms with E-state index in [0.29, 0.717) is 0 Å². The number of benzene rings is 1. The quantitative estimate of drug-likeness (QED) is 0.382. The van der Waals surface area contributed by atoms with Crippen molar-refractivity contribution < 1.29 is 27.5 Å². The van der Waals surface area contributed by atoms with Crippen LogP contribution in [0.3, 0.4) is 0 Å². The fourth-order valence-electron chi connectivity index (χ4n) is 1.07. The normalized spacial score (nSPS) is 12.3. The van der Waals surface area contributed by atoms with E-state index in [2.05, 4.69) is 12.6 Å². The van der Waals surface area contributed by atoms with Crippen LogP contribution in [0.15, 0.2) is 4.90 Å². The Labute approximate surface area is 104 Å². The third-order valence-corrected chi connectivity index (χ3v) is 2.45. The average molecular weight is 284 g/mol. The third kappa shape index (κ3) is 2.67. The Morgan fingerprint density at radius 3 is 2.06 bits per heavy atom. The largest absolute Gasteiger partial charge is 0.480 e. The van der Waals surface area contributed by atoms with Crippen molar-refractivity contribution in [3.63, 3.8) is 0 Å². The fourth-order valence-corrected chi connectivity index (χ4v) is 1.27. The summed E-state index contributed by atoms with van der Waals surface area (Å²) in [7, 11) is 0. The number of carboxylic acid groups (broad SMARTS) is 1. The van der Waals surface area contributed by atoms with Crippen LogP contribution in [0.1, 0.15) is 0 Å². The first-order chi connectivity index (χ1) is 8.27. The molecule has 0 saturated heterocycles. The molecule has 1 aromatic carbocycles. The lowest BCUT2D eigenvalue weighted by Gasteiger charge is -2.13. The predicted molar refractivity (Wildman–Crippen MR) is 57.6 cm³/mol. The summed E-state index contributed by atoms with van der Waals surface area (Å²) in [4.78, 5) is 9.27. The maximum atomic E-state index is 13.3. The van der Waals surface area contributed by atoms with Gasteiger partial charge in [-0.3, -0.25) is 4.79 Å². The first kappa shape index (κ1) is 14.6. The predicted octanol–water partition coefficient (Wildman–Crippen LogP) is 1.36. The zero-order valence-electron chi connectivity index (χ0n) is 8.68. The standard InChI is InChI=1S/C9H8F4N2O2S/c10-3-5(12)8(18)6(13)4(11)7(3)15-1-2(14)9(16)17/h2,15,18H,1,14H2,(H,16,17)/t2-/m0/s1. The molecule has 1 rings (SSSR count). The molecule has 0 aliphatic rings.